The second kappa shape index (κ2) is 8.23. The monoisotopic (exact) mass is 348 g/mol. The molecule has 0 fully saturated rings. The van der Waals surface area contributed by atoms with Gasteiger partial charge in [-0.05, 0) is 29.8 Å². The Kier molecular flexibility index (Phi) is 6.05. The molecule has 2 rings (SSSR count). The third-order valence-electron chi connectivity index (χ3n) is 3.49. The normalized spacial score (nSPS) is 11.5. The second-order valence-corrected chi connectivity index (χ2v) is 5.40. The zero-order valence-corrected chi connectivity index (χ0v) is 13.8. The average molecular weight is 348 g/mol. The summed E-state index contributed by atoms with van der Waals surface area (Å²) in [5, 5.41) is 4.99. The van der Waals surface area contributed by atoms with Crippen LogP contribution in [-0.2, 0) is 9.59 Å². The van der Waals surface area contributed by atoms with Crippen molar-refractivity contribution in [3.05, 3.63) is 59.7 Å². The lowest BCUT2D eigenvalue weighted by Crippen LogP contribution is -2.29. The molecule has 0 bridgehead atoms. The minimum absolute atomic E-state index is 0.137. The van der Waals surface area contributed by atoms with Crippen LogP contribution in [-0.4, -0.2) is 18.9 Å². The molecule has 0 aromatic heterocycles. The molecule has 0 saturated carbocycles. The van der Waals surface area contributed by atoms with Crippen molar-refractivity contribution in [2.75, 3.05) is 12.4 Å². The number of hydrogen-bond donors (Lipinski definition) is 2. The topological polar surface area (TPSA) is 67.4 Å². The standard InChI is InChI=1S/C18H18F2N2O3/c1-11(23)21-16(12-3-6-14(25-2)7-4-12)10-18(24)22-17-9-13(19)5-8-15(17)20/h3-9,16H,10H2,1-2H3,(H,21,23)(H,22,24). The summed E-state index contributed by atoms with van der Waals surface area (Å²) in [6.45, 7) is 1.33. The van der Waals surface area contributed by atoms with Gasteiger partial charge in [0.25, 0.3) is 0 Å². The SMILES string of the molecule is COc1ccc(C(CC(=O)Nc2cc(F)ccc2F)NC(C)=O)cc1. The second-order valence-electron chi connectivity index (χ2n) is 5.40. The van der Waals surface area contributed by atoms with Gasteiger partial charge >= 0.3 is 0 Å². The predicted molar refractivity (Wildman–Crippen MR) is 89.2 cm³/mol. The van der Waals surface area contributed by atoms with E-state index in [9.17, 15) is 18.4 Å². The molecule has 7 heteroatoms. The maximum atomic E-state index is 13.6. The van der Waals surface area contributed by atoms with Crippen molar-refractivity contribution >= 4 is 17.5 Å². The van der Waals surface area contributed by atoms with E-state index >= 15 is 0 Å². The first kappa shape index (κ1) is 18.4. The summed E-state index contributed by atoms with van der Waals surface area (Å²) < 4.78 is 31.9. The van der Waals surface area contributed by atoms with Crippen molar-refractivity contribution in [3.8, 4) is 5.75 Å². The van der Waals surface area contributed by atoms with Crippen LogP contribution < -0.4 is 15.4 Å². The number of rotatable bonds is 6. The van der Waals surface area contributed by atoms with E-state index in [2.05, 4.69) is 10.6 Å². The summed E-state index contributed by atoms with van der Waals surface area (Å²) in [6, 6.07) is 9.02. The highest BCUT2D eigenvalue weighted by Gasteiger charge is 2.18. The number of anilines is 1. The van der Waals surface area contributed by atoms with Crippen LogP contribution in [0.25, 0.3) is 0 Å². The van der Waals surface area contributed by atoms with Crippen molar-refractivity contribution in [3.63, 3.8) is 0 Å². The van der Waals surface area contributed by atoms with Crippen molar-refractivity contribution < 1.29 is 23.1 Å². The number of ether oxygens (including phenoxy) is 1. The molecule has 2 aromatic rings. The highest BCUT2D eigenvalue weighted by atomic mass is 19.1. The summed E-state index contributed by atoms with van der Waals surface area (Å²) in [6.07, 6.45) is -0.137. The Labute approximate surface area is 144 Å². The van der Waals surface area contributed by atoms with E-state index in [4.69, 9.17) is 4.74 Å². The van der Waals surface area contributed by atoms with E-state index in [-0.39, 0.29) is 18.0 Å². The van der Waals surface area contributed by atoms with Gasteiger partial charge in [0.15, 0.2) is 0 Å². The van der Waals surface area contributed by atoms with Gasteiger partial charge in [0.1, 0.15) is 17.4 Å². The zero-order chi connectivity index (χ0) is 18.4. The fourth-order valence-electron chi connectivity index (χ4n) is 2.31. The number of nitrogens with one attached hydrogen (secondary N) is 2. The first-order valence-corrected chi connectivity index (χ1v) is 7.55. The number of hydrogen-bond acceptors (Lipinski definition) is 3. The molecule has 132 valence electrons. The smallest absolute Gasteiger partial charge is 0.226 e. The molecule has 25 heavy (non-hydrogen) atoms. The summed E-state index contributed by atoms with van der Waals surface area (Å²) in [5.74, 6) is -1.64. The van der Waals surface area contributed by atoms with Crippen molar-refractivity contribution in [1.82, 2.24) is 5.32 Å². The van der Waals surface area contributed by atoms with Crippen LogP contribution in [0.1, 0.15) is 24.9 Å². The molecule has 2 aromatic carbocycles. The molecular formula is C18H18F2N2O3. The van der Waals surface area contributed by atoms with Gasteiger partial charge in [-0.3, -0.25) is 9.59 Å². The van der Waals surface area contributed by atoms with Gasteiger partial charge in [0, 0.05) is 13.0 Å². The molecule has 2 amide bonds. The fraction of sp³-hybridized carbons (Fsp3) is 0.222. The lowest BCUT2D eigenvalue weighted by atomic mass is 10.0. The van der Waals surface area contributed by atoms with Gasteiger partial charge in [0.05, 0.1) is 25.3 Å². The molecule has 0 saturated heterocycles. The lowest BCUT2D eigenvalue weighted by molar-refractivity contribution is -0.120. The number of carbonyl (C=O) groups excluding carboxylic acids is 2. The minimum Gasteiger partial charge on any atom is -0.497 e. The van der Waals surface area contributed by atoms with Crippen LogP contribution in [0.5, 0.6) is 5.75 Å². The molecule has 2 N–H and O–H groups in total. The number of carbonyl (C=O) groups is 2. The maximum Gasteiger partial charge on any atom is 0.226 e. The summed E-state index contributed by atoms with van der Waals surface area (Å²) >= 11 is 0. The van der Waals surface area contributed by atoms with Gasteiger partial charge in [-0.25, -0.2) is 8.78 Å². The van der Waals surface area contributed by atoms with Gasteiger partial charge < -0.3 is 15.4 Å². The number of amides is 2. The Balaban J connectivity index is 2.13. The van der Waals surface area contributed by atoms with Crippen LogP contribution in [0, 0.1) is 11.6 Å². The summed E-state index contributed by atoms with van der Waals surface area (Å²) in [5.41, 5.74) is 0.437. The van der Waals surface area contributed by atoms with Crippen LogP contribution in [0.4, 0.5) is 14.5 Å². The van der Waals surface area contributed by atoms with Gasteiger partial charge in [0.2, 0.25) is 11.8 Å². The molecule has 0 aliphatic heterocycles. The summed E-state index contributed by atoms with van der Waals surface area (Å²) in [7, 11) is 1.53. The molecule has 0 aliphatic rings. The van der Waals surface area contributed by atoms with Crippen LogP contribution in [0.3, 0.4) is 0 Å². The molecular weight excluding hydrogens is 330 g/mol. The van der Waals surface area contributed by atoms with E-state index in [1.54, 1.807) is 24.3 Å². The highest BCUT2D eigenvalue weighted by Crippen LogP contribution is 2.22. The maximum absolute atomic E-state index is 13.6. The first-order valence-electron chi connectivity index (χ1n) is 7.55. The predicted octanol–water partition coefficient (Wildman–Crippen LogP) is 3.18. The van der Waals surface area contributed by atoms with Crippen LogP contribution >= 0.6 is 0 Å². The van der Waals surface area contributed by atoms with Crippen molar-refractivity contribution in [1.29, 1.82) is 0 Å². The Morgan fingerprint density at radius 2 is 1.80 bits per heavy atom. The molecule has 1 atom stereocenters. The Bertz CT molecular complexity index is 763. The van der Waals surface area contributed by atoms with E-state index in [0.29, 0.717) is 11.3 Å². The quantitative estimate of drug-likeness (QED) is 0.843. The molecule has 0 heterocycles. The van der Waals surface area contributed by atoms with E-state index in [1.165, 1.54) is 14.0 Å². The van der Waals surface area contributed by atoms with Gasteiger partial charge in [-0.15, -0.1) is 0 Å². The zero-order valence-electron chi connectivity index (χ0n) is 13.8. The van der Waals surface area contributed by atoms with Crippen LogP contribution in [0.2, 0.25) is 0 Å². The van der Waals surface area contributed by atoms with Gasteiger partial charge in [-0.2, -0.15) is 0 Å². The third-order valence-corrected chi connectivity index (χ3v) is 3.49. The molecule has 5 nitrogen and oxygen atoms in total. The van der Waals surface area contributed by atoms with Crippen molar-refractivity contribution in [2.24, 2.45) is 0 Å². The lowest BCUT2D eigenvalue weighted by Gasteiger charge is -2.18. The number of benzene rings is 2. The Morgan fingerprint density at radius 3 is 2.40 bits per heavy atom. The summed E-state index contributed by atoms with van der Waals surface area (Å²) in [4.78, 5) is 23.6. The Hall–Kier alpha value is -2.96. The van der Waals surface area contributed by atoms with Crippen molar-refractivity contribution in [2.45, 2.75) is 19.4 Å². The number of methoxy groups -OCH3 is 1. The third kappa shape index (κ3) is 5.27. The molecule has 0 radical (unpaired) electrons. The fourth-order valence-corrected chi connectivity index (χ4v) is 2.31. The Morgan fingerprint density at radius 1 is 1.12 bits per heavy atom. The van der Waals surface area contributed by atoms with Gasteiger partial charge in [-0.1, -0.05) is 12.1 Å². The largest absolute Gasteiger partial charge is 0.497 e. The highest BCUT2D eigenvalue weighted by molar-refractivity contribution is 5.91. The minimum atomic E-state index is -0.740. The molecule has 1 unspecified atom stereocenters. The van der Waals surface area contributed by atoms with E-state index < -0.39 is 23.6 Å². The van der Waals surface area contributed by atoms with E-state index in [1.807, 2.05) is 0 Å². The van der Waals surface area contributed by atoms with E-state index in [0.717, 1.165) is 18.2 Å². The average Bonchev–Trinajstić information content (AvgIpc) is 2.57. The molecule has 0 aliphatic carbocycles. The first-order chi connectivity index (χ1) is 11.9. The van der Waals surface area contributed by atoms with Crippen LogP contribution in [0.15, 0.2) is 42.5 Å². The number of halogens is 2. The molecule has 0 spiro atoms.